The Morgan fingerprint density at radius 2 is 1.84 bits per heavy atom. The van der Waals surface area contributed by atoms with Crippen molar-refractivity contribution in [1.29, 1.82) is 0 Å². The predicted octanol–water partition coefficient (Wildman–Crippen LogP) is 0.878. The number of phosphoric ester groups is 1. The second-order valence-electron chi connectivity index (χ2n) is 9.34. The minimum atomic E-state index is -5.46. The topological polar surface area (TPSA) is 248 Å². The van der Waals surface area contributed by atoms with Crippen LogP contribution in [-0.4, -0.2) is 74.3 Å². The van der Waals surface area contributed by atoms with Crippen LogP contribution in [0.4, 0.5) is 10.6 Å². The molecule has 232 valence electrons. The molecular weight excluding hydrogens is 614 g/mol. The molecule has 20 heteroatoms. The molecule has 0 saturated carbocycles. The normalized spacial score (nSPS) is 26.0. The number of nitrogens with one attached hydrogen (secondary N) is 2. The summed E-state index contributed by atoms with van der Waals surface area (Å²) in [5.74, 6) is -1.32. The van der Waals surface area contributed by atoms with Crippen LogP contribution in [0.1, 0.15) is 31.4 Å². The van der Waals surface area contributed by atoms with E-state index in [-0.39, 0.29) is 17.0 Å². The van der Waals surface area contributed by atoms with Crippen molar-refractivity contribution in [2.45, 2.75) is 44.2 Å². The number of hydrogen-bond acceptors (Lipinski definition) is 14. The number of ether oxygens (including phenoxy) is 3. The van der Waals surface area contributed by atoms with Crippen molar-refractivity contribution in [2.24, 2.45) is 0 Å². The molecule has 2 aliphatic rings. The molecule has 5 rings (SSSR count). The van der Waals surface area contributed by atoms with Crippen molar-refractivity contribution in [3.63, 3.8) is 0 Å². The maximum atomic E-state index is 12.3. The Morgan fingerprint density at radius 3 is 2.56 bits per heavy atom. The van der Waals surface area contributed by atoms with Gasteiger partial charge in [-0.3, -0.25) is 23.6 Å². The molecule has 2 aromatic heterocycles. The number of aliphatic carboxylic acids is 1. The van der Waals surface area contributed by atoms with Crippen LogP contribution < -0.4 is 20.4 Å². The first-order valence-electron chi connectivity index (χ1n) is 12.9. The highest BCUT2D eigenvalue weighted by Gasteiger charge is 2.54. The molecule has 7 atom stereocenters. The number of aromatic nitrogens is 4. The summed E-state index contributed by atoms with van der Waals surface area (Å²) in [6.45, 7) is 1.40. The number of nitrogens with zero attached hydrogens (tertiary/aromatic N) is 4. The third kappa shape index (κ3) is 7.26. The second-order valence-corrected chi connectivity index (χ2v) is 12.8. The summed E-state index contributed by atoms with van der Waals surface area (Å²) >= 11 is 0. The Labute approximate surface area is 243 Å². The molecule has 0 bridgehead atoms. The van der Waals surface area contributed by atoms with Gasteiger partial charge in [-0.25, -0.2) is 19.7 Å². The van der Waals surface area contributed by atoms with Crippen molar-refractivity contribution in [3.8, 4) is 0 Å². The number of carbonyl (C=O) groups excluding carboxylic acids is 1. The predicted molar refractivity (Wildman–Crippen MR) is 140 cm³/mol. The van der Waals surface area contributed by atoms with E-state index < -0.39 is 77.4 Å². The van der Waals surface area contributed by atoms with E-state index in [1.54, 1.807) is 31.2 Å². The smallest absolute Gasteiger partial charge is 0.320 e. The molecule has 3 aromatic rings. The van der Waals surface area contributed by atoms with Crippen LogP contribution in [0.25, 0.3) is 11.2 Å². The van der Waals surface area contributed by atoms with Crippen molar-refractivity contribution in [2.75, 3.05) is 24.6 Å². The van der Waals surface area contributed by atoms with Gasteiger partial charge in [0.05, 0.1) is 19.4 Å². The highest BCUT2D eigenvalue weighted by atomic mass is 31.3. The van der Waals surface area contributed by atoms with Crippen LogP contribution >= 0.6 is 15.4 Å². The Kier molecular flexibility index (Phi) is 9.22. The highest BCUT2D eigenvalue weighted by molar-refractivity contribution is 7.62. The van der Waals surface area contributed by atoms with E-state index in [0.717, 1.165) is 0 Å². The number of anilines is 1. The molecule has 3 N–H and O–H groups in total. The van der Waals surface area contributed by atoms with Gasteiger partial charge in [-0.2, -0.15) is 0 Å². The Hall–Kier alpha value is -3.31. The van der Waals surface area contributed by atoms with Crippen molar-refractivity contribution in [1.82, 2.24) is 24.8 Å². The lowest BCUT2D eigenvalue weighted by atomic mass is 10.1. The molecule has 0 radical (unpaired) electrons. The Balaban J connectivity index is 1.38. The fourth-order valence-corrected chi connectivity index (χ4v) is 7.04. The maximum absolute atomic E-state index is 12.3. The molecule has 18 nitrogen and oxygen atoms in total. The molecular formula is C23H26N6O12P2-2. The summed E-state index contributed by atoms with van der Waals surface area (Å²) in [5, 5.41) is 13.9. The number of amides is 2. The lowest BCUT2D eigenvalue weighted by Gasteiger charge is -2.32. The molecule has 2 amide bonds. The lowest BCUT2D eigenvalue weighted by Crippen LogP contribution is -2.32. The van der Waals surface area contributed by atoms with Gasteiger partial charge in [-0.05, 0) is 6.92 Å². The van der Waals surface area contributed by atoms with Crippen molar-refractivity contribution in [3.05, 3.63) is 48.5 Å². The number of phosphoric acid groups is 1. The molecule has 2 aliphatic heterocycles. The third-order valence-electron chi connectivity index (χ3n) is 6.34. The number of carboxylic acid groups (broad SMARTS) is 1. The maximum Gasteiger partial charge on any atom is 0.320 e. The van der Waals surface area contributed by atoms with E-state index in [1.165, 1.54) is 17.2 Å². The van der Waals surface area contributed by atoms with Gasteiger partial charge in [0, 0.05) is 18.3 Å². The van der Waals surface area contributed by atoms with E-state index in [0.29, 0.717) is 12.1 Å². The number of urea groups is 1. The summed E-state index contributed by atoms with van der Waals surface area (Å²) in [7, 11) is -10.6. The first kappa shape index (κ1) is 31.1. The molecule has 2 saturated heterocycles. The molecule has 4 heterocycles. The summed E-state index contributed by atoms with van der Waals surface area (Å²) in [5.41, 5.74) is 1.16. The fourth-order valence-electron chi connectivity index (χ4n) is 4.52. The van der Waals surface area contributed by atoms with Crippen LogP contribution in [0, 0.1) is 0 Å². The van der Waals surface area contributed by atoms with Crippen LogP contribution in [-0.2, 0) is 37.0 Å². The number of hydrogen-bond donors (Lipinski definition) is 3. The zero-order valence-electron chi connectivity index (χ0n) is 22.4. The number of carboxylic acids is 1. The van der Waals surface area contributed by atoms with Gasteiger partial charge in [0.15, 0.2) is 29.5 Å². The van der Waals surface area contributed by atoms with Gasteiger partial charge in [0.2, 0.25) is 0 Å². The second kappa shape index (κ2) is 12.7. The molecule has 1 aromatic carbocycles. The molecule has 0 aliphatic carbocycles. The van der Waals surface area contributed by atoms with Crippen LogP contribution in [0.5, 0.6) is 0 Å². The van der Waals surface area contributed by atoms with Gasteiger partial charge in [-0.15, -0.1) is 0 Å². The minimum Gasteiger partial charge on any atom is -0.778 e. The minimum absolute atomic E-state index is 0.129. The quantitative estimate of drug-likeness (QED) is 0.232. The van der Waals surface area contributed by atoms with Crippen molar-refractivity contribution >= 4 is 44.4 Å². The van der Waals surface area contributed by atoms with Crippen molar-refractivity contribution < 1.29 is 56.7 Å². The number of carbonyl (C=O) groups is 2. The zero-order chi connectivity index (χ0) is 30.8. The van der Waals surface area contributed by atoms with E-state index in [9.17, 15) is 28.5 Å². The van der Waals surface area contributed by atoms with E-state index in [4.69, 9.17) is 23.8 Å². The molecule has 0 spiro atoms. The van der Waals surface area contributed by atoms with Gasteiger partial charge >= 0.3 is 12.0 Å². The molecule has 43 heavy (non-hydrogen) atoms. The molecule has 2 fully saturated rings. The first-order valence-corrected chi connectivity index (χ1v) is 16.1. The average Bonchev–Trinajstić information content (AvgIpc) is 3.66. The number of imidazole rings is 1. The Bertz CT molecular complexity index is 1570. The zero-order valence-corrected chi connectivity index (χ0v) is 24.2. The fraction of sp³-hybridized carbons (Fsp3) is 0.435. The summed E-state index contributed by atoms with van der Waals surface area (Å²) in [6, 6.07) is 8.42. The summed E-state index contributed by atoms with van der Waals surface area (Å²) in [6.07, 6.45) is -4.04. The summed E-state index contributed by atoms with van der Waals surface area (Å²) in [4.78, 5) is 59.7. The van der Waals surface area contributed by atoms with Crippen LogP contribution in [0.3, 0.4) is 0 Å². The van der Waals surface area contributed by atoms with Gasteiger partial charge < -0.3 is 43.5 Å². The number of rotatable bonds is 12. The van der Waals surface area contributed by atoms with Gasteiger partial charge in [0.1, 0.15) is 32.2 Å². The third-order valence-corrected chi connectivity index (χ3v) is 9.37. The van der Waals surface area contributed by atoms with E-state index >= 15 is 0 Å². The number of benzene rings is 1. The standard InChI is InChI=1S/C23H28N6O12P2/c1-2-24-23(32)28-19-16-20(26-11-25-19)29(12-27-16)21-18-17(39-22(40-18)13-6-4-3-5-7-13)14(38-21)10-37-43(35,36)41-42(33,34)9-8-15(30)31/h3-7,11-12,14,17-18,21-22H,2,8-10H2,1H3,(H,30,31)(H,33,34)(H,35,36)(H2,24,25,26,28,32)/p-2/t14-,17?,18?,21-,22+/m1/s1. The van der Waals surface area contributed by atoms with Crippen LogP contribution in [0.2, 0.25) is 0 Å². The van der Waals surface area contributed by atoms with E-state index in [2.05, 4.69) is 29.9 Å². The average molecular weight is 640 g/mol. The highest BCUT2D eigenvalue weighted by Crippen LogP contribution is 2.56. The largest absolute Gasteiger partial charge is 0.778 e. The van der Waals surface area contributed by atoms with Gasteiger partial charge in [0.25, 0.3) is 7.82 Å². The van der Waals surface area contributed by atoms with E-state index in [1.807, 2.05) is 6.07 Å². The Morgan fingerprint density at radius 1 is 1.09 bits per heavy atom. The molecule has 4 unspecified atom stereocenters. The van der Waals surface area contributed by atoms with Crippen LogP contribution in [0.15, 0.2) is 43.0 Å². The SMILES string of the molecule is CCNC(=O)Nc1ncnc2c1ncn2[C@@H]1O[C@H](COP(=O)([O-])OP(=O)([O-])CCC(=O)O)C2O[C@H](c3ccccc3)OC21. The summed E-state index contributed by atoms with van der Waals surface area (Å²) < 4.78 is 53.1. The first-order chi connectivity index (χ1) is 20.5. The van der Waals surface area contributed by atoms with Gasteiger partial charge in [-0.1, -0.05) is 30.3 Å². The number of fused-ring (bicyclic) bond motifs is 2. The monoisotopic (exact) mass is 640 g/mol. The lowest BCUT2D eigenvalue weighted by molar-refractivity contribution is -0.235.